The number of halogens is 2. The van der Waals surface area contributed by atoms with Gasteiger partial charge in [-0.05, 0) is 42.9 Å². The highest BCUT2D eigenvalue weighted by atomic mass is 35.5. The summed E-state index contributed by atoms with van der Waals surface area (Å²) in [5, 5.41) is 1.31. The number of benzene rings is 2. The molecule has 1 saturated heterocycles. The van der Waals surface area contributed by atoms with E-state index < -0.39 is 0 Å². The van der Waals surface area contributed by atoms with Crippen LogP contribution in [0.15, 0.2) is 48.5 Å². The molecule has 0 aromatic heterocycles. The molecule has 3 heteroatoms. The van der Waals surface area contributed by atoms with Gasteiger partial charge in [-0.25, -0.2) is 0 Å². The molecule has 1 fully saturated rings. The molecule has 3 rings (SSSR count). The van der Waals surface area contributed by atoms with Gasteiger partial charge in [-0.1, -0.05) is 59.6 Å². The standard InChI is InChI=1S/C19H21Cl2N/c20-18-7-6-17(13-19(18)21)14-22-10-8-16(9-11-22)12-15-4-2-1-3-5-15/h1-7,13,16H,8-12,14H2/p+1. The van der Waals surface area contributed by atoms with Gasteiger partial charge in [0.1, 0.15) is 6.54 Å². The Bertz CT molecular complexity index is 604. The average molecular weight is 335 g/mol. The van der Waals surface area contributed by atoms with Gasteiger partial charge in [0, 0.05) is 5.56 Å². The van der Waals surface area contributed by atoms with Gasteiger partial charge in [-0.2, -0.15) is 0 Å². The summed E-state index contributed by atoms with van der Waals surface area (Å²) in [5.74, 6) is 0.833. The maximum atomic E-state index is 6.10. The predicted octanol–water partition coefficient (Wildman–Crippen LogP) is 4.03. The van der Waals surface area contributed by atoms with Crippen molar-refractivity contribution in [3.8, 4) is 0 Å². The smallest absolute Gasteiger partial charge is 0.103 e. The first kappa shape index (κ1) is 15.9. The zero-order chi connectivity index (χ0) is 15.4. The summed E-state index contributed by atoms with van der Waals surface area (Å²) in [6.07, 6.45) is 3.85. The molecule has 0 saturated carbocycles. The summed E-state index contributed by atoms with van der Waals surface area (Å²) >= 11 is 12.1. The molecular weight excluding hydrogens is 313 g/mol. The van der Waals surface area contributed by atoms with E-state index in [9.17, 15) is 0 Å². The summed E-state index contributed by atoms with van der Waals surface area (Å²) < 4.78 is 0. The Kier molecular flexibility index (Phi) is 5.41. The van der Waals surface area contributed by atoms with E-state index in [2.05, 4.69) is 36.4 Å². The minimum absolute atomic E-state index is 0.641. The first-order chi connectivity index (χ1) is 10.7. The second-order valence-electron chi connectivity index (χ2n) is 6.31. The van der Waals surface area contributed by atoms with Crippen LogP contribution in [0, 0.1) is 5.92 Å². The zero-order valence-electron chi connectivity index (χ0n) is 12.7. The largest absolute Gasteiger partial charge is 0.331 e. The average Bonchev–Trinajstić information content (AvgIpc) is 2.54. The summed E-state index contributed by atoms with van der Waals surface area (Å²) in [6.45, 7) is 3.55. The molecule has 0 radical (unpaired) electrons. The van der Waals surface area contributed by atoms with Gasteiger partial charge >= 0.3 is 0 Å². The summed E-state index contributed by atoms with van der Waals surface area (Å²) in [6, 6.07) is 16.9. The van der Waals surface area contributed by atoms with Crippen molar-refractivity contribution in [2.75, 3.05) is 13.1 Å². The normalized spacial score (nSPS) is 21.7. The summed E-state index contributed by atoms with van der Waals surface area (Å²) in [4.78, 5) is 1.66. The van der Waals surface area contributed by atoms with Crippen molar-refractivity contribution in [2.24, 2.45) is 5.92 Å². The fourth-order valence-corrected chi connectivity index (χ4v) is 3.67. The van der Waals surface area contributed by atoms with E-state index in [0.29, 0.717) is 10.0 Å². The highest BCUT2D eigenvalue weighted by Gasteiger charge is 2.22. The lowest BCUT2D eigenvalue weighted by Gasteiger charge is -2.29. The maximum absolute atomic E-state index is 6.10. The van der Waals surface area contributed by atoms with Crippen LogP contribution >= 0.6 is 23.2 Å². The molecule has 2 aromatic carbocycles. The third kappa shape index (κ3) is 4.25. The van der Waals surface area contributed by atoms with Crippen molar-refractivity contribution in [1.29, 1.82) is 0 Å². The number of likely N-dealkylation sites (tertiary alicyclic amines) is 1. The predicted molar refractivity (Wildman–Crippen MR) is 93.7 cm³/mol. The molecular formula is C19H22Cl2N+. The minimum Gasteiger partial charge on any atom is -0.331 e. The highest BCUT2D eigenvalue weighted by molar-refractivity contribution is 6.42. The summed E-state index contributed by atoms with van der Waals surface area (Å²) in [5.41, 5.74) is 2.76. The van der Waals surface area contributed by atoms with Crippen molar-refractivity contribution in [1.82, 2.24) is 0 Å². The maximum Gasteiger partial charge on any atom is 0.103 e. The number of hydrogen-bond acceptors (Lipinski definition) is 0. The van der Waals surface area contributed by atoms with Crippen LogP contribution in [0.1, 0.15) is 24.0 Å². The molecule has 0 aliphatic carbocycles. The fraction of sp³-hybridized carbons (Fsp3) is 0.368. The molecule has 1 aliphatic heterocycles. The number of rotatable bonds is 4. The van der Waals surface area contributed by atoms with Gasteiger partial charge in [0.2, 0.25) is 0 Å². The lowest BCUT2D eigenvalue weighted by molar-refractivity contribution is -0.919. The fourth-order valence-electron chi connectivity index (χ4n) is 3.35. The van der Waals surface area contributed by atoms with E-state index in [4.69, 9.17) is 23.2 Å². The number of piperidine rings is 1. The molecule has 1 heterocycles. The van der Waals surface area contributed by atoms with Gasteiger partial charge in [-0.15, -0.1) is 0 Å². The Morgan fingerprint density at radius 1 is 0.864 bits per heavy atom. The van der Waals surface area contributed by atoms with Crippen LogP contribution in [0.25, 0.3) is 0 Å². The Morgan fingerprint density at radius 3 is 2.27 bits per heavy atom. The molecule has 0 amide bonds. The van der Waals surface area contributed by atoms with Crippen LogP contribution in [-0.2, 0) is 13.0 Å². The number of hydrogen-bond donors (Lipinski definition) is 1. The second kappa shape index (κ2) is 7.50. The Balaban J connectivity index is 1.50. The Morgan fingerprint density at radius 2 is 1.59 bits per heavy atom. The SMILES string of the molecule is Clc1ccc(C[NH+]2CCC(Cc3ccccc3)CC2)cc1Cl. The molecule has 0 unspecified atom stereocenters. The van der Waals surface area contributed by atoms with Crippen LogP contribution in [0.5, 0.6) is 0 Å². The molecule has 2 aromatic rings. The number of nitrogens with one attached hydrogen (secondary N) is 1. The van der Waals surface area contributed by atoms with Crippen LogP contribution in [-0.4, -0.2) is 13.1 Å². The van der Waals surface area contributed by atoms with Gasteiger partial charge < -0.3 is 4.90 Å². The lowest BCUT2D eigenvalue weighted by Crippen LogP contribution is -3.11. The van der Waals surface area contributed by atoms with Gasteiger partial charge in [0.25, 0.3) is 0 Å². The zero-order valence-corrected chi connectivity index (χ0v) is 14.2. The first-order valence-corrected chi connectivity index (χ1v) is 8.78. The third-order valence-corrected chi connectivity index (χ3v) is 5.36. The number of quaternary nitrogens is 1. The van der Waals surface area contributed by atoms with Crippen molar-refractivity contribution in [3.05, 3.63) is 69.7 Å². The van der Waals surface area contributed by atoms with Crippen molar-refractivity contribution in [2.45, 2.75) is 25.8 Å². The van der Waals surface area contributed by atoms with E-state index in [0.717, 1.165) is 12.5 Å². The van der Waals surface area contributed by atoms with Gasteiger partial charge in [0.05, 0.1) is 23.1 Å². The van der Waals surface area contributed by atoms with E-state index in [1.54, 1.807) is 4.90 Å². The topological polar surface area (TPSA) is 4.44 Å². The molecule has 1 nitrogen and oxygen atoms in total. The van der Waals surface area contributed by atoms with Crippen LogP contribution in [0.3, 0.4) is 0 Å². The lowest BCUT2D eigenvalue weighted by atomic mass is 9.90. The van der Waals surface area contributed by atoms with E-state index in [-0.39, 0.29) is 0 Å². The second-order valence-corrected chi connectivity index (χ2v) is 7.12. The van der Waals surface area contributed by atoms with E-state index in [1.165, 1.54) is 43.5 Å². The van der Waals surface area contributed by atoms with E-state index in [1.807, 2.05) is 12.1 Å². The van der Waals surface area contributed by atoms with E-state index >= 15 is 0 Å². The molecule has 0 atom stereocenters. The molecule has 1 N–H and O–H groups in total. The third-order valence-electron chi connectivity index (χ3n) is 4.62. The summed E-state index contributed by atoms with van der Waals surface area (Å²) in [7, 11) is 0. The molecule has 22 heavy (non-hydrogen) atoms. The van der Waals surface area contributed by atoms with Crippen LogP contribution < -0.4 is 4.90 Å². The first-order valence-electron chi connectivity index (χ1n) is 8.02. The van der Waals surface area contributed by atoms with Crippen LogP contribution in [0.4, 0.5) is 0 Å². The van der Waals surface area contributed by atoms with Gasteiger partial charge in [0.15, 0.2) is 0 Å². The van der Waals surface area contributed by atoms with Crippen molar-refractivity contribution in [3.63, 3.8) is 0 Å². The van der Waals surface area contributed by atoms with Crippen molar-refractivity contribution < 1.29 is 4.90 Å². The van der Waals surface area contributed by atoms with Crippen LogP contribution in [0.2, 0.25) is 10.0 Å². The highest BCUT2D eigenvalue weighted by Crippen LogP contribution is 2.22. The molecule has 0 spiro atoms. The van der Waals surface area contributed by atoms with Crippen molar-refractivity contribution >= 4 is 23.2 Å². The Labute approximate surface area is 142 Å². The molecule has 1 aliphatic rings. The quantitative estimate of drug-likeness (QED) is 0.860. The van der Waals surface area contributed by atoms with Gasteiger partial charge in [-0.3, -0.25) is 0 Å². The monoisotopic (exact) mass is 334 g/mol. The Hall–Kier alpha value is -1.02. The minimum atomic E-state index is 0.641. The molecule has 116 valence electrons. The molecule has 0 bridgehead atoms.